The molecule has 4 rings (SSSR count). The van der Waals surface area contributed by atoms with E-state index in [0.29, 0.717) is 18.9 Å². The third-order valence-electron chi connectivity index (χ3n) is 8.21. The molecule has 1 saturated carbocycles. The van der Waals surface area contributed by atoms with Crippen molar-refractivity contribution in [1.29, 1.82) is 0 Å². The normalized spacial score (nSPS) is 24.4. The minimum atomic E-state index is -1.14. The number of hydrogen-bond acceptors (Lipinski definition) is 6. The van der Waals surface area contributed by atoms with Crippen molar-refractivity contribution in [3.8, 4) is 5.75 Å². The van der Waals surface area contributed by atoms with Crippen LogP contribution in [0.5, 0.6) is 5.75 Å². The van der Waals surface area contributed by atoms with E-state index in [-0.39, 0.29) is 30.7 Å². The largest absolute Gasteiger partial charge is 0.492 e. The van der Waals surface area contributed by atoms with Gasteiger partial charge in [0.1, 0.15) is 24.4 Å². The summed E-state index contributed by atoms with van der Waals surface area (Å²) in [5.74, 6) is -0.342. The van der Waals surface area contributed by atoms with Crippen LogP contribution in [0.25, 0.3) is 6.08 Å². The van der Waals surface area contributed by atoms with Gasteiger partial charge in [-0.3, -0.25) is 14.4 Å². The van der Waals surface area contributed by atoms with E-state index >= 15 is 0 Å². The van der Waals surface area contributed by atoms with Crippen molar-refractivity contribution in [2.45, 2.75) is 63.6 Å². The lowest BCUT2D eigenvalue weighted by molar-refractivity contribution is -0.144. The summed E-state index contributed by atoms with van der Waals surface area (Å²) in [7, 11) is 1.55. The quantitative estimate of drug-likeness (QED) is 0.444. The highest BCUT2D eigenvalue weighted by molar-refractivity contribution is 5.93. The van der Waals surface area contributed by atoms with Gasteiger partial charge in [0.2, 0.25) is 17.7 Å². The number of para-hydroxylation sites is 1. The number of aliphatic hydroxyl groups excluding tert-OH is 1. The zero-order valence-electron chi connectivity index (χ0n) is 24.7. The van der Waals surface area contributed by atoms with Crippen LogP contribution in [-0.4, -0.2) is 79.2 Å². The Morgan fingerprint density at radius 3 is 2.45 bits per heavy atom. The highest BCUT2D eigenvalue weighted by atomic mass is 16.5. The maximum absolute atomic E-state index is 13.9. The van der Waals surface area contributed by atoms with E-state index in [1.807, 2.05) is 67.6 Å². The van der Waals surface area contributed by atoms with Gasteiger partial charge >= 0.3 is 0 Å². The maximum atomic E-state index is 13.9. The Kier molecular flexibility index (Phi) is 11.5. The van der Waals surface area contributed by atoms with Crippen molar-refractivity contribution in [1.82, 2.24) is 20.9 Å². The SMILES string of the molecule is Cc1ccc(C[C@H]2NC(=O)[C@H](CO)N(C)C(=O)[C@H](C3CCCCC3)NCCOc3ccccc3/C=C/CNC2=O)cc1. The lowest BCUT2D eigenvalue weighted by Gasteiger charge is -2.35. The Balaban J connectivity index is 1.62. The summed E-state index contributed by atoms with van der Waals surface area (Å²) >= 11 is 0. The molecule has 0 aromatic heterocycles. The number of benzene rings is 2. The standard InChI is InChI=1S/C33H44N4O5/c1-23-14-16-24(17-15-23)21-27-31(39)35-18-8-12-25-9-6-7-13-29(25)42-20-19-34-30(26-10-4-3-5-11-26)33(41)37(2)28(22-38)32(40)36-27/h6-9,12-17,26-28,30,34,38H,3-5,10-11,18-22H2,1-2H3,(H,35,39)(H,36,40)/b12-8+/t27-,28+,30+/m1/s1. The van der Waals surface area contributed by atoms with Gasteiger partial charge < -0.3 is 30.7 Å². The Bertz CT molecular complexity index is 1230. The Morgan fingerprint density at radius 1 is 0.976 bits per heavy atom. The first kappa shape index (κ1) is 31.3. The molecule has 0 spiro atoms. The predicted octanol–water partition coefficient (Wildman–Crippen LogP) is 2.60. The minimum Gasteiger partial charge on any atom is -0.492 e. The number of aliphatic hydroxyl groups is 1. The van der Waals surface area contributed by atoms with Crippen LogP contribution in [0.4, 0.5) is 0 Å². The van der Waals surface area contributed by atoms with Crippen molar-refractivity contribution < 1.29 is 24.2 Å². The first-order valence-corrected chi connectivity index (χ1v) is 15.0. The van der Waals surface area contributed by atoms with Crippen molar-refractivity contribution in [2.75, 3.05) is 33.4 Å². The molecular weight excluding hydrogens is 532 g/mol. The molecule has 2 aromatic rings. The second-order valence-electron chi connectivity index (χ2n) is 11.3. The third kappa shape index (κ3) is 8.42. The predicted molar refractivity (Wildman–Crippen MR) is 163 cm³/mol. The van der Waals surface area contributed by atoms with Crippen LogP contribution in [0.3, 0.4) is 0 Å². The van der Waals surface area contributed by atoms with E-state index in [4.69, 9.17) is 4.74 Å². The monoisotopic (exact) mass is 576 g/mol. The number of carbonyl (C=O) groups excluding carboxylic acids is 3. The molecule has 0 saturated heterocycles. The first-order valence-electron chi connectivity index (χ1n) is 15.0. The number of likely N-dealkylation sites (N-methyl/N-ethyl adjacent to an activating group) is 1. The van der Waals surface area contributed by atoms with Gasteiger partial charge in [0, 0.05) is 32.1 Å². The average molecular weight is 577 g/mol. The van der Waals surface area contributed by atoms with E-state index in [1.54, 1.807) is 7.05 Å². The highest BCUT2D eigenvalue weighted by Crippen LogP contribution is 2.28. The number of nitrogens with one attached hydrogen (secondary N) is 3. The summed E-state index contributed by atoms with van der Waals surface area (Å²) in [6.45, 7) is 2.47. The molecule has 2 aromatic carbocycles. The van der Waals surface area contributed by atoms with Gasteiger partial charge in [-0.25, -0.2) is 0 Å². The molecule has 4 N–H and O–H groups in total. The van der Waals surface area contributed by atoms with Crippen molar-refractivity contribution in [2.24, 2.45) is 5.92 Å². The van der Waals surface area contributed by atoms with Crippen molar-refractivity contribution in [3.05, 3.63) is 71.3 Å². The third-order valence-corrected chi connectivity index (χ3v) is 8.21. The number of ether oxygens (including phenoxy) is 1. The van der Waals surface area contributed by atoms with Gasteiger partial charge in [-0.15, -0.1) is 0 Å². The van der Waals surface area contributed by atoms with Gasteiger partial charge in [0.15, 0.2) is 0 Å². The summed E-state index contributed by atoms with van der Waals surface area (Å²) < 4.78 is 6.07. The number of carbonyl (C=O) groups is 3. The van der Waals surface area contributed by atoms with Crippen molar-refractivity contribution in [3.63, 3.8) is 0 Å². The van der Waals surface area contributed by atoms with Crippen molar-refractivity contribution >= 4 is 23.8 Å². The molecule has 42 heavy (non-hydrogen) atoms. The van der Waals surface area contributed by atoms with Gasteiger partial charge in [-0.2, -0.15) is 0 Å². The molecule has 0 bridgehead atoms. The number of amides is 3. The zero-order chi connectivity index (χ0) is 29.9. The second kappa shape index (κ2) is 15.5. The smallest absolute Gasteiger partial charge is 0.245 e. The molecular formula is C33H44N4O5. The Morgan fingerprint density at radius 2 is 1.71 bits per heavy atom. The van der Waals surface area contributed by atoms with E-state index in [1.165, 1.54) is 4.90 Å². The fraction of sp³-hybridized carbons (Fsp3) is 0.485. The molecule has 226 valence electrons. The number of fused-ring (bicyclic) bond motifs is 1. The van der Waals surface area contributed by atoms with Crippen LogP contribution in [-0.2, 0) is 20.8 Å². The Labute approximate surface area is 248 Å². The van der Waals surface area contributed by atoms with Crippen LogP contribution < -0.4 is 20.7 Å². The summed E-state index contributed by atoms with van der Waals surface area (Å²) in [5, 5.41) is 19.4. The number of rotatable bonds is 4. The number of nitrogens with zero attached hydrogens (tertiary/aromatic N) is 1. The summed E-state index contributed by atoms with van der Waals surface area (Å²) in [6.07, 6.45) is 9.08. The molecule has 3 atom stereocenters. The van der Waals surface area contributed by atoms with E-state index in [0.717, 1.165) is 48.8 Å². The number of hydrogen-bond donors (Lipinski definition) is 4. The van der Waals surface area contributed by atoms with Gasteiger partial charge in [0.05, 0.1) is 12.6 Å². The fourth-order valence-corrected chi connectivity index (χ4v) is 5.71. The van der Waals surface area contributed by atoms with Crippen LogP contribution in [0, 0.1) is 12.8 Å². The Hall–Kier alpha value is -3.69. The van der Waals surface area contributed by atoms with Crippen LogP contribution in [0.2, 0.25) is 0 Å². The topological polar surface area (TPSA) is 120 Å². The molecule has 9 heteroatoms. The lowest BCUT2D eigenvalue weighted by atomic mass is 9.83. The number of aryl methyl sites for hydroxylation is 1. The minimum absolute atomic E-state index is 0.122. The molecule has 9 nitrogen and oxygen atoms in total. The summed E-state index contributed by atoms with van der Waals surface area (Å²) in [6, 6.07) is 12.9. The fourth-order valence-electron chi connectivity index (χ4n) is 5.71. The highest BCUT2D eigenvalue weighted by Gasteiger charge is 2.36. The van der Waals surface area contributed by atoms with Crippen LogP contribution in [0.15, 0.2) is 54.6 Å². The second-order valence-corrected chi connectivity index (χ2v) is 11.3. The molecule has 3 amide bonds. The average Bonchev–Trinajstić information content (AvgIpc) is 3.00. The van der Waals surface area contributed by atoms with Gasteiger partial charge in [-0.05, 0) is 37.3 Å². The van der Waals surface area contributed by atoms with Gasteiger partial charge in [0.25, 0.3) is 0 Å². The molecule has 2 aliphatic rings. The van der Waals surface area contributed by atoms with E-state index in [2.05, 4.69) is 16.0 Å². The molecule has 1 aliphatic carbocycles. The van der Waals surface area contributed by atoms with Gasteiger partial charge in [-0.1, -0.05) is 79.4 Å². The molecule has 1 heterocycles. The van der Waals surface area contributed by atoms with E-state index in [9.17, 15) is 19.5 Å². The maximum Gasteiger partial charge on any atom is 0.245 e. The zero-order valence-corrected chi connectivity index (χ0v) is 24.7. The van der Waals surface area contributed by atoms with Crippen LogP contribution in [0.1, 0.15) is 48.8 Å². The molecule has 1 fully saturated rings. The first-order chi connectivity index (χ1) is 20.4. The molecule has 1 aliphatic heterocycles. The summed E-state index contributed by atoms with van der Waals surface area (Å²) in [4.78, 5) is 42.0. The molecule has 0 radical (unpaired) electrons. The molecule has 0 unspecified atom stereocenters. The lowest BCUT2D eigenvalue weighted by Crippen LogP contribution is -2.59. The van der Waals surface area contributed by atoms with E-state index < -0.39 is 30.6 Å². The summed E-state index contributed by atoms with van der Waals surface area (Å²) in [5.41, 5.74) is 2.85. The van der Waals surface area contributed by atoms with Crippen LogP contribution >= 0.6 is 0 Å².